The number of aliphatic carboxylic acids is 1. The predicted octanol–water partition coefficient (Wildman–Crippen LogP) is 4.77. The van der Waals surface area contributed by atoms with Crippen molar-refractivity contribution >= 4 is 5.97 Å². The number of carboxylic acids is 1. The zero-order valence-electron chi connectivity index (χ0n) is 15.8. The van der Waals surface area contributed by atoms with E-state index in [0.717, 1.165) is 28.8 Å². The molecule has 152 valence electrons. The van der Waals surface area contributed by atoms with Crippen molar-refractivity contribution in [2.24, 2.45) is 5.92 Å². The molecular formula is C23H22F3NO2. The molecule has 2 atom stereocenters. The maximum absolute atomic E-state index is 12.8. The highest BCUT2D eigenvalue weighted by molar-refractivity contribution is 5.67. The number of nitrogens with zero attached hydrogens (tertiary/aromatic N) is 1. The van der Waals surface area contributed by atoms with Gasteiger partial charge in [0.1, 0.15) is 0 Å². The van der Waals surface area contributed by atoms with Crippen LogP contribution in [-0.4, -0.2) is 29.1 Å². The van der Waals surface area contributed by atoms with E-state index in [-0.39, 0.29) is 18.3 Å². The molecule has 1 N–H and O–H groups in total. The Kier molecular flexibility index (Phi) is 6.29. The van der Waals surface area contributed by atoms with E-state index in [1.54, 1.807) is 0 Å². The summed E-state index contributed by atoms with van der Waals surface area (Å²) in [6.07, 6.45) is 1.70. The van der Waals surface area contributed by atoms with Gasteiger partial charge in [-0.15, -0.1) is 6.42 Å². The van der Waals surface area contributed by atoms with Gasteiger partial charge in [-0.2, -0.15) is 13.2 Å². The second-order valence-electron chi connectivity index (χ2n) is 7.55. The molecule has 0 saturated carbocycles. The number of rotatable bonds is 5. The van der Waals surface area contributed by atoms with E-state index < -0.39 is 17.7 Å². The Hall–Kier alpha value is -2.78. The molecule has 0 amide bonds. The highest BCUT2D eigenvalue weighted by Gasteiger charge is 2.32. The summed E-state index contributed by atoms with van der Waals surface area (Å²) in [5, 5.41) is 9.22. The Morgan fingerprint density at radius 1 is 1.10 bits per heavy atom. The Labute approximate surface area is 168 Å². The Morgan fingerprint density at radius 3 is 2.31 bits per heavy atom. The molecule has 0 unspecified atom stereocenters. The van der Waals surface area contributed by atoms with Gasteiger partial charge in [-0.1, -0.05) is 30.2 Å². The Morgan fingerprint density at radius 2 is 1.76 bits per heavy atom. The molecule has 1 fully saturated rings. The molecule has 6 heteroatoms. The molecule has 0 aliphatic carbocycles. The lowest BCUT2D eigenvalue weighted by Gasteiger charge is -2.38. The van der Waals surface area contributed by atoms with Gasteiger partial charge in [0.2, 0.25) is 0 Å². The summed E-state index contributed by atoms with van der Waals surface area (Å²) in [7, 11) is 0. The van der Waals surface area contributed by atoms with Crippen LogP contribution in [0.5, 0.6) is 0 Å². The number of piperidine rings is 1. The first-order chi connectivity index (χ1) is 13.7. The summed E-state index contributed by atoms with van der Waals surface area (Å²) in [6, 6.07) is 12.8. The second-order valence-corrected chi connectivity index (χ2v) is 7.55. The average molecular weight is 401 g/mol. The van der Waals surface area contributed by atoms with Crippen molar-refractivity contribution in [2.75, 3.05) is 13.1 Å². The largest absolute Gasteiger partial charge is 0.481 e. The minimum Gasteiger partial charge on any atom is -0.481 e. The summed E-state index contributed by atoms with van der Waals surface area (Å²) < 4.78 is 38.5. The Balaban J connectivity index is 1.77. The van der Waals surface area contributed by atoms with Crippen LogP contribution in [0.4, 0.5) is 13.2 Å². The first-order valence-corrected chi connectivity index (χ1v) is 9.41. The highest BCUT2D eigenvalue weighted by Crippen LogP contribution is 2.35. The summed E-state index contributed by atoms with van der Waals surface area (Å²) >= 11 is 0. The molecule has 1 heterocycles. The zero-order valence-corrected chi connectivity index (χ0v) is 15.8. The number of carboxylic acid groups (broad SMARTS) is 1. The van der Waals surface area contributed by atoms with Crippen LogP contribution in [0.15, 0.2) is 48.5 Å². The smallest absolute Gasteiger partial charge is 0.416 e. The molecule has 3 nitrogen and oxygen atoms in total. The van der Waals surface area contributed by atoms with Gasteiger partial charge in [-0.25, -0.2) is 0 Å². The SMILES string of the molecule is C#Cc1ccc(CN2C[C@H](CC(=O)O)C[C@@H](c3ccc(C(F)(F)F)cc3)C2)cc1. The van der Waals surface area contributed by atoms with Gasteiger partial charge >= 0.3 is 12.1 Å². The summed E-state index contributed by atoms with van der Waals surface area (Å²) in [4.78, 5) is 13.4. The topological polar surface area (TPSA) is 40.5 Å². The average Bonchev–Trinajstić information content (AvgIpc) is 2.67. The minimum absolute atomic E-state index is 0.0136. The molecule has 3 rings (SSSR count). The van der Waals surface area contributed by atoms with Crippen LogP contribution >= 0.6 is 0 Å². The maximum atomic E-state index is 12.8. The normalized spacial score (nSPS) is 20.2. The fourth-order valence-corrected chi connectivity index (χ4v) is 3.98. The number of hydrogen-bond acceptors (Lipinski definition) is 2. The van der Waals surface area contributed by atoms with Crippen molar-refractivity contribution in [1.82, 2.24) is 4.90 Å². The van der Waals surface area contributed by atoms with Crippen LogP contribution in [0.2, 0.25) is 0 Å². The van der Waals surface area contributed by atoms with Gasteiger partial charge < -0.3 is 5.11 Å². The molecule has 0 bridgehead atoms. The summed E-state index contributed by atoms with van der Waals surface area (Å²) in [6.45, 7) is 1.94. The quantitative estimate of drug-likeness (QED) is 0.734. The molecule has 0 aromatic heterocycles. The van der Waals surface area contributed by atoms with Gasteiger partial charge in [-0.05, 0) is 53.6 Å². The van der Waals surface area contributed by atoms with Crippen molar-refractivity contribution in [3.05, 3.63) is 70.8 Å². The van der Waals surface area contributed by atoms with E-state index in [1.165, 1.54) is 12.1 Å². The van der Waals surface area contributed by atoms with Crippen LogP contribution in [0.25, 0.3) is 0 Å². The molecule has 2 aromatic carbocycles. The van der Waals surface area contributed by atoms with Gasteiger partial charge in [0.25, 0.3) is 0 Å². The molecule has 2 aromatic rings. The van der Waals surface area contributed by atoms with Gasteiger partial charge in [0, 0.05) is 31.6 Å². The van der Waals surface area contributed by atoms with Crippen LogP contribution in [0.1, 0.15) is 41.0 Å². The number of carbonyl (C=O) groups is 1. The van der Waals surface area contributed by atoms with E-state index in [2.05, 4.69) is 10.8 Å². The first kappa shape index (κ1) is 20.9. The molecule has 29 heavy (non-hydrogen) atoms. The van der Waals surface area contributed by atoms with E-state index in [4.69, 9.17) is 6.42 Å². The van der Waals surface area contributed by atoms with Crippen molar-refractivity contribution < 1.29 is 23.1 Å². The van der Waals surface area contributed by atoms with Gasteiger partial charge in [0.15, 0.2) is 0 Å². The van der Waals surface area contributed by atoms with Crippen LogP contribution < -0.4 is 0 Å². The maximum Gasteiger partial charge on any atom is 0.416 e. The first-order valence-electron chi connectivity index (χ1n) is 9.41. The molecule has 0 radical (unpaired) electrons. The van der Waals surface area contributed by atoms with Gasteiger partial charge in [0.05, 0.1) is 5.56 Å². The van der Waals surface area contributed by atoms with Crippen molar-refractivity contribution in [3.8, 4) is 12.3 Å². The fraction of sp³-hybridized carbons (Fsp3) is 0.348. The zero-order chi connectivity index (χ0) is 21.0. The van der Waals surface area contributed by atoms with Crippen molar-refractivity contribution in [1.29, 1.82) is 0 Å². The monoisotopic (exact) mass is 401 g/mol. The number of halogens is 3. The van der Waals surface area contributed by atoms with E-state index in [0.29, 0.717) is 26.1 Å². The second kappa shape index (κ2) is 8.71. The minimum atomic E-state index is -4.37. The fourth-order valence-electron chi connectivity index (χ4n) is 3.98. The van der Waals surface area contributed by atoms with Crippen LogP contribution in [0.3, 0.4) is 0 Å². The van der Waals surface area contributed by atoms with Crippen LogP contribution in [-0.2, 0) is 17.5 Å². The lowest BCUT2D eigenvalue weighted by Crippen LogP contribution is -2.39. The number of benzene rings is 2. The van der Waals surface area contributed by atoms with E-state index in [1.807, 2.05) is 24.3 Å². The lowest BCUT2D eigenvalue weighted by molar-refractivity contribution is -0.139. The predicted molar refractivity (Wildman–Crippen MR) is 104 cm³/mol. The Bertz CT molecular complexity index is 882. The molecular weight excluding hydrogens is 379 g/mol. The van der Waals surface area contributed by atoms with Crippen LogP contribution in [0, 0.1) is 18.3 Å². The molecule has 1 aliphatic rings. The number of hydrogen-bond donors (Lipinski definition) is 1. The highest BCUT2D eigenvalue weighted by atomic mass is 19.4. The number of alkyl halides is 3. The lowest BCUT2D eigenvalue weighted by atomic mass is 9.82. The third-order valence-electron chi connectivity index (χ3n) is 5.31. The number of terminal acetylenes is 1. The van der Waals surface area contributed by atoms with E-state index in [9.17, 15) is 23.1 Å². The third-order valence-corrected chi connectivity index (χ3v) is 5.31. The number of likely N-dealkylation sites (tertiary alicyclic amines) is 1. The third kappa shape index (κ3) is 5.61. The summed E-state index contributed by atoms with van der Waals surface area (Å²) in [5.74, 6) is 1.64. The van der Waals surface area contributed by atoms with Crippen molar-refractivity contribution in [3.63, 3.8) is 0 Å². The van der Waals surface area contributed by atoms with Crippen molar-refractivity contribution in [2.45, 2.75) is 31.5 Å². The molecule has 1 saturated heterocycles. The van der Waals surface area contributed by atoms with Gasteiger partial charge in [-0.3, -0.25) is 9.69 Å². The molecule has 0 spiro atoms. The summed E-state index contributed by atoms with van der Waals surface area (Å²) in [5.41, 5.74) is 1.98. The standard InChI is InChI=1S/C23H22F3NO2/c1-2-16-3-5-17(6-4-16)13-27-14-18(12-22(28)29)11-20(15-27)19-7-9-21(10-8-19)23(24,25)26/h1,3-10,18,20H,11-15H2,(H,28,29)/t18-,20+/m0/s1. The van der Waals surface area contributed by atoms with E-state index >= 15 is 0 Å². The molecule has 1 aliphatic heterocycles.